The SMILES string of the molecule is CC(C)NC(=O)CN1CCN(Cc2nc3ccccc3n2CCC(=O)c2ccc([N+](=O)[O-])cc2)CC1.O=C(O)/C=C/C(=O)O.O=C(O)/C=C/C(=O)O. The second-order valence-electron chi connectivity index (χ2n) is 11.4. The van der Waals surface area contributed by atoms with Gasteiger partial charge >= 0.3 is 23.9 Å². The number of non-ortho nitro benzene ring substituents is 1. The van der Waals surface area contributed by atoms with Gasteiger partial charge in [0.05, 0.1) is 29.0 Å². The highest BCUT2D eigenvalue weighted by molar-refractivity contribution is 5.96. The van der Waals surface area contributed by atoms with Crippen molar-refractivity contribution in [1.82, 2.24) is 24.7 Å². The minimum absolute atomic E-state index is 0.0323. The van der Waals surface area contributed by atoms with E-state index in [2.05, 4.69) is 19.7 Å². The number of aryl methyl sites for hydroxylation is 1. The Bertz CT molecular complexity index is 1730. The van der Waals surface area contributed by atoms with E-state index in [9.17, 15) is 38.9 Å². The normalized spacial score (nSPS) is 13.2. The van der Waals surface area contributed by atoms with E-state index in [1.165, 1.54) is 24.3 Å². The van der Waals surface area contributed by atoms with E-state index in [4.69, 9.17) is 25.4 Å². The van der Waals surface area contributed by atoms with E-state index >= 15 is 0 Å². The number of nitrogens with one attached hydrogen (secondary N) is 1. The highest BCUT2D eigenvalue weighted by Crippen LogP contribution is 2.20. The number of fused-ring (bicyclic) bond motifs is 1. The van der Waals surface area contributed by atoms with Crippen LogP contribution in [-0.4, -0.2) is 119 Å². The number of hydrogen-bond acceptors (Lipinski definition) is 11. The zero-order valence-electron chi connectivity index (χ0n) is 28.5. The van der Waals surface area contributed by atoms with Gasteiger partial charge in [0, 0.05) is 87.2 Å². The van der Waals surface area contributed by atoms with Crippen molar-refractivity contribution in [2.75, 3.05) is 32.7 Å². The Kier molecular flexibility index (Phi) is 17.0. The third-order valence-corrected chi connectivity index (χ3v) is 7.08. The van der Waals surface area contributed by atoms with Crippen molar-refractivity contribution in [1.29, 1.82) is 0 Å². The summed E-state index contributed by atoms with van der Waals surface area (Å²) in [5, 5.41) is 45.1. The van der Waals surface area contributed by atoms with Crippen LogP contribution in [0.25, 0.3) is 11.0 Å². The smallest absolute Gasteiger partial charge is 0.328 e. The summed E-state index contributed by atoms with van der Waals surface area (Å²) in [6.45, 7) is 8.75. The summed E-state index contributed by atoms with van der Waals surface area (Å²) in [6.07, 6.45) is 2.50. The number of hydrogen-bond donors (Lipinski definition) is 5. The molecule has 4 rings (SSSR count). The van der Waals surface area contributed by atoms with Crippen molar-refractivity contribution < 1.29 is 54.1 Å². The first-order valence-corrected chi connectivity index (χ1v) is 15.8. The van der Waals surface area contributed by atoms with Gasteiger partial charge in [0.1, 0.15) is 5.82 Å². The first kappa shape index (κ1) is 41.9. The van der Waals surface area contributed by atoms with E-state index in [0.29, 0.717) is 49.5 Å². The Morgan fingerprint density at radius 3 is 1.79 bits per heavy atom. The van der Waals surface area contributed by atoms with Crippen LogP contribution in [0.2, 0.25) is 0 Å². The fourth-order valence-electron chi connectivity index (χ4n) is 4.78. The van der Waals surface area contributed by atoms with Gasteiger partial charge in [0.25, 0.3) is 5.69 Å². The van der Waals surface area contributed by atoms with Crippen molar-refractivity contribution >= 4 is 52.3 Å². The Labute approximate surface area is 297 Å². The van der Waals surface area contributed by atoms with Crippen molar-refractivity contribution in [2.24, 2.45) is 0 Å². The van der Waals surface area contributed by atoms with Gasteiger partial charge in [-0.2, -0.15) is 0 Å². The Balaban J connectivity index is 0.000000487. The molecule has 1 saturated heterocycles. The molecule has 1 fully saturated rings. The number of carboxylic acid groups (broad SMARTS) is 4. The molecule has 0 atom stereocenters. The molecule has 0 bridgehead atoms. The monoisotopic (exact) mass is 724 g/mol. The lowest BCUT2D eigenvalue weighted by molar-refractivity contribution is -0.384. The van der Waals surface area contributed by atoms with E-state index in [-0.39, 0.29) is 29.8 Å². The molecule has 0 aliphatic carbocycles. The van der Waals surface area contributed by atoms with Crippen LogP contribution in [0.4, 0.5) is 5.69 Å². The molecule has 18 heteroatoms. The summed E-state index contributed by atoms with van der Waals surface area (Å²) in [5.41, 5.74) is 2.30. The molecule has 1 aliphatic heterocycles. The molecule has 0 radical (unpaired) electrons. The lowest BCUT2D eigenvalue weighted by Crippen LogP contribution is -2.49. The third kappa shape index (κ3) is 15.5. The predicted molar refractivity (Wildman–Crippen MR) is 186 cm³/mol. The van der Waals surface area contributed by atoms with E-state index in [1.54, 1.807) is 0 Å². The molecule has 1 aromatic heterocycles. The van der Waals surface area contributed by atoms with Crippen molar-refractivity contribution in [3.05, 3.63) is 94.3 Å². The molecule has 0 spiro atoms. The largest absolute Gasteiger partial charge is 0.478 e. The van der Waals surface area contributed by atoms with Crippen LogP contribution >= 0.6 is 0 Å². The molecule has 3 aromatic rings. The summed E-state index contributed by atoms with van der Waals surface area (Å²) in [7, 11) is 0. The van der Waals surface area contributed by atoms with Gasteiger partial charge < -0.3 is 30.3 Å². The first-order valence-electron chi connectivity index (χ1n) is 15.8. The number of aromatic nitrogens is 2. The molecule has 5 N–H and O–H groups in total. The summed E-state index contributed by atoms with van der Waals surface area (Å²) < 4.78 is 2.10. The number of carbonyl (C=O) groups excluding carboxylic acids is 2. The molecule has 0 saturated carbocycles. The number of imidazole rings is 1. The van der Waals surface area contributed by atoms with Gasteiger partial charge in [-0.1, -0.05) is 12.1 Å². The van der Waals surface area contributed by atoms with Gasteiger partial charge in [-0.3, -0.25) is 29.5 Å². The number of para-hydroxylation sites is 2. The van der Waals surface area contributed by atoms with Gasteiger partial charge in [0.15, 0.2) is 5.78 Å². The number of piperazine rings is 1. The number of nitrogens with zero attached hydrogens (tertiary/aromatic N) is 5. The quantitative estimate of drug-likeness (QED) is 0.0691. The van der Waals surface area contributed by atoms with Crippen molar-refractivity contribution in [3.8, 4) is 0 Å². The highest BCUT2D eigenvalue weighted by Gasteiger charge is 2.22. The van der Waals surface area contributed by atoms with Crippen LogP contribution < -0.4 is 5.32 Å². The summed E-state index contributed by atoms with van der Waals surface area (Å²) in [4.78, 5) is 82.8. The van der Waals surface area contributed by atoms with Gasteiger partial charge in [-0.25, -0.2) is 24.2 Å². The number of nitro groups is 1. The summed E-state index contributed by atoms with van der Waals surface area (Å²) >= 11 is 0. The number of rotatable bonds is 14. The van der Waals surface area contributed by atoms with Crippen LogP contribution in [0.5, 0.6) is 0 Å². The van der Waals surface area contributed by atoms with Gasteiger partial charge in [-0.15, -0.1) is 0 Å². The second-order valence-corrected chi connectivity index (χ2v) is 11.4. The maximum Gasteiger partial charge on any atom is 0.328 e. The number of carboxylic acids is 4. The second kappa shape index (κ2) is 21.1. The molecule has 0 unspecified atom stereocenters. The number of nitro benzene ring substituents is 1. The number of benzene rings is 2. The fourth-order valence-corrected chi connectivity index (χ4v) is 4.78. The molecule has 2 aromatic carbocycles. The van der Waals surface area contributed by atoms with Crippen LogP contribution in [0, 0.1) is 10.1 Å². The fraction of sp³-hybridized carbons (Fsp3) is 0.324. The highest BCUT2D eigenvalue weighted by atomic mass is 16.6. The lowest BCUT2D eigenvalue weighted by atomic mass is 10.1. The minimum Gasteiger partial charge on any atom is -0.478 e. The zero-order chi connectivity index (χ0) is 38.8. The Morgan fingerprint density at radius 2 is 1.31 bits per heavy atom. The minimum atomic E-state index is -1.26. The van der Waals surface area contributed by atoms with E-state index < -0.39 is 28.8 Å². The van der Waals surface area contributed by atoms with E-state index in [1.807, 2.05) is 38.1 Å². The average molecular weight is 725 g/mol. The van der Waals surface area contributed by atoms with Crippen LogP contribution in [0.1, 0.15) is 36.5 Å². The number of aliphatic carboxylic acids is 4. The zero-order valence-corrected chi connectivity index (χ0v) is 28.5. The van der Waals surface area contributed by atoms with Crippen LogP contribution in [0.3, 0.4) is 0 Å². The van der Waals surface area contributed by atoms with Crippen LogP contribution in [-0.2, 0) is 37.1 Å². The standard InChI is InChI=1S/C26H32N6O4.2C4H4O4/c1-19(2)27-26(34)18-30-15-13-29(14-16-30)17-25-28-22-5-3-4-6-23(22)31(25)12-11-24(33)20-7-9-21(10-8-20)32(35)36;2*5-3(6)1-2-4(7)8/h3-10,19H,11-18H2,1-2H3,(H,27,34);2*1-2H,(H,5,6)(H,7,8)/b;2*2-1+. The first-order chi connectivity index (χ1) is 24.5. The molecule has 1 amide bonds. The Morgan fingerprint density at radius 1 is 0.808 bits per heavy atom. The van der Waals surface area contributed by atoms with Crippen LogP contribution in [0.15, 0.2) is 72.8 Å². The summed E-state index contributed by atoms with van der Waals surface area (Å²) in [5.74, 6) is -4.14. The molecule has 52 heavy (non-hydrogen) atoms. The van der Waals surface area contributed by atoms with Gasteiger partial charge in [-0.05, 0) is 38.1 Å². The summed E-state index contributed by atoms with van der Waals surface area (Å²) in [6, 6.07) is 13.8. The number of Topliss-reactive ketones (excluding diaryl/α,β-unsaturated/α-hetero) is 1. The number of ketones is 1. The molecular formula is C34H40N6O12. The van der Waals surface area contributed by atoms with E-state index in [0.717, 1.165) is 43.0 Å². The molecule has 278 valence electrons. The lowest BCUT2D eigenvalue weighted by Gasteiger charge is -2.34. The Hall–Kier alpha value is -6.27. The van der Waals surface area contributed by atoms with Crippen molar-refractivity contribution in [3.63, 3.8) is 0 Å². The molecule has 1 aliphatic rings. The third-order valence-electron chi connectivity index (χ3n) is 7.08. The predicted octanol–water partition coefficient (Wildman–Crippen LogP) is 2.28. The maximum absolute atomic E-state index is 12.8. The number of carbonyl (C=O) groups is 6. The molecule has 2 heterocycles. The molecule has 18 nitrogen and oxygen atoms in total. The van der Waals surface area contributed by atoms with Gasteiger partial charge in [0.2, 0.25) is 5.91 Å². The van der Waals surface area contributed by atoms with Crippen molar-refractivity contribution in [2.45, 2.75) is 39.4 Å². The average Bonchev–Trinajstić information content (AvgIpc) is 3.43. The maximum atomic E-state index is 12.8. The molecular weight excluding hydrogens is 684 g/mol. The topological polar surface area (TPSA) is 263 Å². The number of amides is 1.